The Morgan fingerprint density at radius 3 is 2.28 bits per heavy atom. The van der Waals surface area contributed by atoms with Gasteiger partial charge in [-0.3, -0.25) is 4.90 Å². The Hall–Kier alpha value is -4.15. The number of hydrogen-bond acceptors (Lipinski definition) is 4. The van der Waals surface area contributed by atoms with Gasteiger partial charge in [-0.1, -0.05) is 60.7 Å². The van der Waals surface area contributed by atoms with Crippen molar-refractivity contribution >= 4 is 41.6 Å². The number of halogens is 2. The monoisotopic (exact) mass is 558 g/mol. The molecule has 39 heavy (non-hydrogen) atoms. The lowest BCUT2D eigenvalue weighted by Gasteiger charge is -2.23. The third-order valence-corrected chi connectivity index (χ3v) is 6.60. The van der Waals surface area contributed by atoms with Crippen LogP contribution < -0.4 is 0 Å². The summed E-state index contributed by atoms with van der Waals surface area (Å²) in [5, 5.41) is 21.4. The Labute approximate surface area is 240 Å². The second kappa shape index (κ2) is 13.1. The van der Waals surface area contributed by atoms with Crippen molar-refractivity contribution in [3.63, 3.8) is 0 Å². The molecular formula is C31H28Cl2N4O2. The quantitative estimate of drug-likeness (QED) is 0.225. The van der Waals surface area contributed by atoms with Crippen LogP contribution in [0, 0.1) is 11.3 Å². The van der Waals surface area contributed by atoms with Gasteiger partial charge >= 0.3 is 5.97 Å². The zero-order chi connectivity index (χ0) is 25.8. The summed E-state index contributed by atoms with van der Waals surface area (Å²) in [5.74, 6) is -0.933. The average Bonchev–Trinajstić information content (AvgIpc) is 3.32. The molecule has 1 aromatic heterocycles. The number of imidazole rings is 1. The highest BCUT2D eigenvalue weighted by Crippen LogP contribution is 2.32. The Kier molecular flexibility index (Phi) is 9.86. The highest BCUT2D eigenvalue weighted by Gasteiger charge is 2.15. The lowest BCUT2D eigenvalue weighted by atomic mass is 9.93. The number of carbonyl (C=O) groups is 1. The standard InChI is InChI=1S/C31H26N4O2.2ClH/c1-34-21-33-17-27(34)20-35(18-22-9-12-25(13-10-22)31(36)37)19-23-11-14-26(16-32)30(15-23)29-8-4-6-24-5-2-3-7-28(24)29;;/h2-15,17,21H,18-20H2,1H3,(H,36,37);2*1H. The molecule has 1 N–H and O–H groups in total. The lowest BCUT2D eigenvalue weighted by molar-refractivity contribution is 0.0697. The molecule has 0 radical (unpaired) electrons. The molecule has 0 bridgehead atoms. The zero-order valence-corrected chi connectivity index (χ0v) is 23.0. The van der Waals surface area contributed by atoms with Gasteiger partial charge < -0.3 is 9.67 Å². The summed E-state index contributed by atoms with van der Waals surface area (Å²) in [6.07, 6.45) is 3.65. The number of carboxylic acid groups (broad SMARTS) is 1. The number of fused-ring (bicyclic) bond motifs is 1. The molecular weight excluding hydrogens is 531 g/mol. The van der Waals surface area contributed by atoms with Crippen molar-refractivity contribution in [1.82, 2.24) is 14.5 Å². The van der Waals surface area contributed by atoms with Gasteiger partial charge in [-0.15, -0.1) is 24.8 Å². The van der Waals surface area contributed by atoms with E-state index in [4.69, 9.17) is 0 Å². The number of nitrogens with zero attached hydrogens (tertiary/aromatic N) is 4. The van der Waals surface area contributed by atoms with Gasteiger partial charge in [0.05, 0.1) is 29.2 Å². The maximum atomic E-state index is 11.3. The SMILES string of the molecule is Cl.Cl.Cn1cncc1CN(Cc1ccc(C(=O)O)cc1)Cc1ccc(C#N)c(-c2cccc3ccccc23)c1. The number of nitriles is 1. The molecule has 1 heterocycles. The summed E-state index contributed by atoms with van der Waals surface area (Å²) >= 11 is 0. The molecule has 4 aromatic carbocycles. The molecule has 198 valence electrons. The van der Waals surface area contributed by atoms with Gasteiger partial charge in [-0.25, -0.2) is 9.78 Å². The van der Waals surface area contributed by atoms with Crippen LogP contribution in [0.5, 0.6) is 0 Å². The van der Waals surface area contributed by atoms with E-state index in [2.05, 4.69) is 46.3 Å². The minimum atomic E-state index is -0.933. The minimum absolute atomic E-state index is 0. The summed E-state index contributed by atoms with van der Waals surface area (Å²) in [6.45, 7) is 1.95. The summed E-state index contributed by atoms with van der Waals surface area (Å²) < 4.78 is 2.00. The van der Waals surface area contributed by atoms with Crippen LogP contribution in [0.3, 0.4) is 0 Å². The van der Waals surface area contributed by atoms with Crippen molar-refractivity contribution in [2.75, 3.05) is 0 Å². The average molecular weight is 559 g/mol. The molecule has 0 amide bonds. The van der Waals surface area contributed by atoms with Crippen LogP contribution >= 0.6 is 24.8 Å². The third-order valence-electron chi connectivity index (χ3n) is 6.60. The highest BCUT2D eigenvalue weighted by molar-refractivity contribution is 5.97. The maximum absolute atomic E-state index is 11.3. The molecule has 0 fully saturated rings. The first-order valence-electron chi connectivity index (χ1n) is 12.0. The van der Waals surface area contributed by atoms with Crippen molar-refractivity contribution in [1.29, 1.82) is 5.26 Å². The van der Waals surface area contributed by atoms with E-state index in [1.54, 1.807) is 18.5 Å². The molecule has 0 atom stereocenters. The number of carboxylic acids is 1. The minimum Gasteiger partial charge on any atom is -0.478 e. The lowest BCUT2D eigenvalue weighted by Crippen LogP contribution is -2.23. The molecule has 0 unspecified atom stereocenters. The fraction of sp³-hybridized carbons (Fsp3) is 0.129. The van der Waals surface area contributed by atoms with Crippen LogP contribution in [0.2, 0.25) is 0 Å². The zero-order valence-electron chi connectivity index (χ0n) is 21.3. The summed E-state index contributed by atoms with van der Waals surface area (Å²) in [5.41, 5.74) is 6.06. The van der Waals surface area contributed by atoms with Gasteiger partial charge in [0, 0.05) is 38.4 Å². The molecule has 0 aliphatic carbocycles. The van der Waals surface area contributed by atoms with E-state index in [0.29, 0.717) is 25.2 Å². The second-order valence-electron chi connectivity index (χ2n) is 9.16. The summed E-state index contributed by atoms with van der Waals surface area (Å²) in [4.78, 5) is 17.8. The molecule has 6 nitrogen and oxygen atoms in total. The van der Waals surface area contributed by atoms with Crippen molar-refractivity contribution in [3.8, 4) is 17.2 Å². The van der Waals surface area contributed by atoms with Gasteiger partial charge in [0.2, 0.25) is 0 Å². The molecule has 5 rings (SSSR count). The fourth-order valence-electron chi connectivity index (χ4n) is 4.67. The Balaban J connectivity index is 0.00000210. The highest BCUT2D eigenvalue weighted by atomic mass is 35.5. The molecule has 0 spiro atoms. The predicted molar refractivity (Wildman–Crippen MR) is 158 cm³/mol. The van der Waals surface area contributed by atoms with Crippen molar-refractivity contribution in [2.45, 2.75) is 19.6 Å². The predicted octanol–water partition coefficient (Wildman–Crippen LogP) is 6.86. The first-order chi connectivity index (χ1) is 18.0. The number of aryl methyl sites for hydroxylation is 1. The van der Waals surface area contributed by atoms with E-state index in [-0.39, 0.29) is 30.4 Å². The molecule has 0 saturated heterocycles. The van der Waals surface area contributed by atoms with Gasteiger partial charge in [0.1, 0.15) is 0 Å². The van der Waals surface area contributed by atoms with Crippen LogP contribution in [0.4, 0.5) is 0 Å². The second-order valence-corrected chi connectivity index (χ2v) is 9.16. The number of aromatic carboxylic acids is 1. The fourth-order valence-corrected chi connectivity index (χ4v) is 4.67. The van der Waals surface area contributed by atoms with Gasteiger partial charge in [0.25, 0.3) is 0 Å². The number of benzene rings is 4. The van der Waals surface area contributed by atoms with E-state index in [9.17, 15) is 15.2 Å². The van der Waals surface area contributed by atoms with E-state index in [0.717, 1.165) is 38.7 Å². The van der Waals surface area contributed by atoms with Crippen LogP contribution in [0.15, 0.2) is 97.5 Å². The molecule has 0 aliphatic heterocycles. The Morgan fingerprint density at radius 1 is 0.897 bits per heavy atom. The largest absolute Gasteiger partial charge is 0.478 e. The van der Waals surface area contributed by atoms with Crippen LogP contribution in [-0.4, -0.2) is 25.5 Å². The van der Waals surface area contributed by atoms with Gasteiger partial charge in [0.15, 0.2) is 0 Å². The number of hydrogen-bond donors (Lipinski definition) is 1. The number of rotatable bonds is 8. The van der Waals surface area contributed by atoms with Crippen molar-refractivity contribution in [3.05, 3.63) is 125 Å². The summed E-state index contributed by atoms with van der Waals surface area (Å²) in [6, 6.07) is 29.8. The first-order valence-corrected chi connectivity index (χ1v) is 12.0. The van der Waals surface area contributed by atoms with Crippen molar-refractivity contribution < 1.29 is 9.90 Å². The smallest absolute Gasteiger partial charge is 0.335 e. The third kappa shape index (κ3) is 6.65. The van der Waals surface area contributed by atoms with Gasteiger partial charge in [-0.2, -0.15) is 5.26 Å². The molecule has 0 aliphatic rings. The number of aromatic nitrogens is 2. The Morgan fingerprint density at radius 2 is 1.59 bits per heavy atom. The van der Waals surface area contributed by atoms with Crippen LogP contribution in [0.1, 0.15) is 32.7 Å². The van der Waals surface area contributed by atoms with Crippen molar-refractivity contribution in [2.24, 2.45) is 7.05 Å². The summed E-state index contributed by atoms with van der Waals surface area (Å²) in [7, 11) is 1.97. The van der Waals surface area contributed by atoms with Crippen LogP contribution in [-0.2, 0) is 26.7 Å². The topological polar surface area (TPSA) is 82.2 Å². The van der Waals surface area contributed by atoms with Gasteiger partial charge in [-0.05, 0) is 51.7 Å². The molecule has 0 saturated carbocycles. The van der Waals surface area contributed by atoms with Crippen LogP contribution in [0.25, 0.3) is 21.9 Å². The normalized spacial score (nSPS) is 10.5. The van der Waals surface area contributed by atoms with E-state index in [1.807, 2.05) is 60.3 Å². The van der Waals surface area contributed by atoms with E-state index < -0.39 is 5.97 Å². The van der Waals surface area contributed by atoms with E-state index >= 15 is 0 Å². The molecule has 8 heteroatoms. The first kappa shape index (κ1) is 29.4. The molecule has 5 aromatic rings. The van der Waals surface area contributed by atoms with E-state index in [1.165, 1.54) is 0 Å². The Bertz CT molecular complexity index is 1620. The maximum Gasteiger partial charge on any atom is 0.335 e.